The zero-order chi connectivity index (χ0) is 13.9. The van der Waals surface area contributed by atoms with Crippen LogP contribution in [0.15, 0.2) is 0 Å². The second kappa shape index (κ2) is 10.3. The normalized spacial score (nSPS) is 17.2. The first kappa shape index (κ1) is 16.5. The molecule has 0 radical (unpaired) electrons. The zero-order valence-corrected chi connectivity index (χ0v) is 13.1. The molecule has 0 aromatic heterocycles. The molecule has 1 heterocycles. The largest absolute Gasteiger partial charge is 0.343 e. The number of carbonyl (C=O) groups excluding carboxylic acids is 1. The summed E-state index contributed by atoms with van der Waals surface area (Å²) in [5, 5.41) is 0. The molecule has 1 unspecified atom stereocenters. The highest BCUT2D eigenvalue weighted by Crippen LogP contribution is 2.18. The SMILES string of the molecule is CCCCCCCC(C)CCCCN1CCCC1=O. The van der Waals surface area contributed by atoms with E-state index in [9.17, 15) is 4.79 Å². The van der Waals surface area contributed by atoms with Crippen LogP contribution in [0.3, 0.4) is 0 Å². The van der Waals surface area contributed by atoms with E-state index in [-0.39, 0.29) is 0 Å². The van der Waals surface area contributed by atoms with Crippen molar-refractivity contribution < 1.29 is 4.79 Å². The van der Waals surface area contributed by atoms with Gasteiger partial charge in [-0.3, -0.25) is 4.79 Å². The van der Waals surface area contributed by atoms with Gasteiger partial charge in [0.1, 0.15) is 0 Å². The van der Waals surface area contributed by atoms with Gasteiger partial charge in [0.25, 0.3) is 0 Å². The smallest absolute Gasteiger partial charge is 0.222 e. The van der Waals surface area contributed by atoms with Crippen LogP contribution in [0.2, 0.25) is 0 Å². The minimum Gasteiger partial charge on any atom is -0.343 e. The first-order valence-corrected chi connectivity index (χ1v) is 8.51. The number of rotatable bonds is 11. The zero-order valence-electron chi connectivity index (χ0n) is 13.1. The standard InChI is InChI=1S/C17H33NO/c1-3-4-5-6-7-11-16(2)12-8-9-14-18-15-10-13-17(18)19/h16H,3-15H2,1-2H3. The molecule has 1 amide bonds. The fourth-order valence-electron chi connectivity index (χ4n) is 2.98. The van der Waals surface area contributed by atoms with Crippen molar-refractivity contribution in [2.75, 3.05) is 13.1 Å². The van der Waals surface area contributed by atoms with Gasteiger partial charge in [0.05, 0.1) is 0 Å². The van der Waals surface area contributed by atoms with Crippen molar-refractivity contribution in [3.63, 3.8) is 0 Å². The molecule has 0 aromatic rings. The van der Waals surface area contributed by atoms with Crippen LogP contribution in [0.5, 0.6) is 0 Å². The Morgan fingerprint density at radius 3 is 2.37 bits per heavy atom. The first-order valence-electron chi connectivity index (χ1n) is 8.51. The van der Waals surface area contributed by atoms with Gasteiger partial charge in [0.2, 0.25) is 5.91 Å². The molecule has 19 heavy (non-hydrogen) atoms. The van der Waals surface area contributed by atoms with Crippen molar-refractivity contribution in [1.82, 2.24) is 4.90 Å². The lowest BCUT2D eigenvalue weighted by molar-refractivity contribution is -0.127. The molecule has 0 N–H and O–H groups in total. The fourth-order valence-corrected chi connectivity index (χ4v) is 2.98. The van der Waals surface area contributed by atoms with E-state index in [0.29, 0.717) is 5.91 Å². The molecule has 2 nitrogen and oxygen atoms in total. The predicted octanol–water partition coefficient (Wildman–Crippen LogP) is 4.78. The van der Waals surface area contributed by atoms with Gasteiger partial charge in [-0.15, -0.1) is 0 Å². The van der Waals surface area contributed by atoms with Crippen LogP contribution in [0.4, 0.5) is 0 Å². The van der Waals surface area contributed by atoms with E-state index >= 15 is 0 Å². The molecule has 1 aliphatic heterocycles. The number of hydrogen-bond acceptors (Lipinski definition) is 1. The summed E-state index contributed by atoms with van der Waals surface area (Å²) < 4.78 is 0. The molecular formula is C17H33NO. The third kappa shape index (κ3) is 7.59. The van der Waals surface area contributed by atoms with Crippen LogP contribution in [-0.2, 0) is 4.79 Å². The number of likely N-dealkylation sites (tertiary alicyclic amines) is 1. The molecule has 0 saturated carbocycles. The number of carbonyl (C=O) groups is 1. The summed E-state index contributed by atoms with van der Waals surface area (Å²) in [5.74, 6) is 1.25. The second-order valence-electron chi connectivity index (χ2n) is 6.29. The summed E-state index contributed by atoms with van der Waals surface area (Å²) in [7, 11) is 0. The Balaban J connectivity index is 1.89. The third-order valence-corrected chi connectivity index (χ3v) is 4.35. The lowest BCUT2D eigenvalue weighted by Crippen LogP contribution is -2.25. The minimum absolute atomic E-state index is 0.379. The molecular weight excluding hydrogens is 234 g/mol. The van der Waals surface area contributed by atoms with Crippen LogP contribution in [0.25, 0.3) is 0 Å². The molecule has 0 aromatic carbocycles. The van der Waals surface area contributed by atoms with E-state index < -0.39 is 0 Å². The van der Waals surface area contributed by atoms with Gasteiger partial charge in [-0.25, -0.2) is 0 Å². The molecule has 2 heteroatoms. The van der Waals surface area contributed by atoms with Crippen LogP contribution < -0.4 is 0 Å². The van der Waals surface area contributed by atoms with Crippen molar-refractivity contribution in [3.05, 3.63) is 0 Å². The molecule has 1 fully saturated rings. The van der Waals surface area contributed by atoms with Crippen molar-refractivity contribution in [1.29, 1.82) is 0 Å². The van der Waals surface area contributed by atoms with Gasteiger partial charge in [0, 0.05) is 19.5 Å². The summed E-state index contributed by atoms with van der Waals surface area (Å²) in [6.45, 7) is 6.67. The molecule has 1 aliphatic rings. The van der Waals surface area contributed by atoms with E-state index in [0.717, 1.165) is 31.8 Å². The lowest BCUT2D eigenvalue weighted by Gasteiger charge is -2.16. The maximum absolute atomic E-state index is 11.5. The lowest BCUT2D eigenvalue weighted by atomic mass is 9.97. The van der Waals surface area contributed by atoms with Crippen molar-refractivity contribution in [3.8, 4) is 0 Å². The Bertz CT molecular complexity index is 239. The number of nitrogens with zero attached hydrogens (tertiary/aromatic N) is 1. The van der Waals surface area contributed by atoms with Crippen molar-refractivity contribution in [2.45, 2.75) is 84.5 Å². The Hall–Kier alpha value is -0.530. The van der Waals surface area contributed by atoms with E-state index in [2.05, 4.69) is 18.7 Å². The average Bonchev–Trinajstić information content (AvgIpc) is 2.80. The molecule has 112 valence electrons. The molecule has 1 rings (SSSR count). The Morgan fingerprint density at radius 2 is 1.74 bits per heavy atom. The van der Waals surface area contributed by atoms with Crippen LogP contribution in [-0.4, -0.2) is 23.9 Å². The molecule has 1 saturated heterocycles. The number of hydrogen-bond donors (Lipinski definition) is 0. The fraction of sp³-hybridized carbons (Fsp3) is 0.941. The van der Waals surface area contributed by atoms with Gasteiger partial charge in [-0.05, 0) is 18.8 Å². The van der Waals surface area contributed by atoms with Gasteiger partial charge in [0.15, 0.2) is 0 Å². The summed E-state index contributed by atoms with van der Waals surface area (Å²) in [4.78, 5) is 13.5. The third-order valence-electron chi connectivity index (χ3n) is 4.35. The topological polar surface area (TPSA) is 20.3 Å². The second-order valence-corrected chi connectivity index (χ2v) is 6.29. The van der Waals surface area contributed by atoms with Gasteiger partial charge < -0.3 is 4.90 Å². The number of amides is 1. The van der Waals surface area contributed by atoms with Crippen LogP contribution in [0, 0.1) is 5.92 Å². The predicted molar refractivity (Wildman–Crippen MR) is 82.2 cm³/mol. The van der Waals surface area contributed by atoms with E-state index in [4.69, 9.17) is 0 Å². The van der Waals surface area contributed by atoms with Gasteiger partial charge in [-0.1, -0.05) is 65.2 Å². The monoisotopic (exact) mass is 267 g/mol. The summed E-state index contributed by atoms with van der Waals surface area (Å²) >= 11 is 0. The molecule has 0 spiro atoms. The maximum atomic E-state index is 11.5. The van der Waals surface area contributed by atoms with Gasteiger partial charge in [-0.2, -0.15) is 0 Å². The van der Waals surface area contributed by atoms with E-state index in [1.54, 1.807) is 0 Å². The van der Waals surface area contributed by atoms with E-state index in [1.165, 1.54) is 57.8 Å². The average molecular weight is 267 g/mol. The Morgan fingerprint density at radius 1 is 1.05 bits per heavy atom. The van der Waals surface area contributed by atoms with Crippen LogP contribution >= 0.6 is 0 Å². The highest BCUT2D eigenvalue weighted by molar-refractivity contribution is 5.77. The first-order chi connectivity index (χ1) is 9.24. The van der Waals surface area contributed by atoms with Gasteiger partial charge >= 0.3 is 0 Å². The Kier molecular flexibility index (Phi) is 8.94. The number of unbranched alkanes of at least 4 members (excludes halogenated alkanes) is 5. The maximum Gasteiger partial charge on any atom is 0.222 e. The van der Waals surface area contributed by atoms with Crippen molar-refractivity contribution >= 4 is 5.91 Å². The molecule has 1 atom stereocenters. The minimum atomic E-state index is 0.379. The highest BCUT2D eigenvalue weighted by atomic mass is 16.2. The Labute approximate surface area is 119 Å². The highest BCUT2D eigenvalue weighted by Gasteiger charge is 2.18. The van der Waals surface area contributed by atoms with Crippen LogP contribution in [0.1, 0.15) is 84.5 Å². The summed E-state index contributed by atoms with van der Waals surface area (Å²) in [6.07, 6.45) is 14.1. The van der Waals surface area contributed by atoms with E-state index in [1.807, 2.05) is 0 Å². The summed E-state index contributed by atoms with van der Waals surface area (Å²) in [6, 6.07) is 0. The van der Waals surface area contributed by atoms with Crippen molar-refractivity contribution in [2.24, 2.45) is 5.92 Å². The molecule has 0 aliphatic carbocycles. The summed E-state index contributed by atoms with van der Waals surface area (Å²) in [5.41, 5.74) is 0. The quantitative estimate of drug-likeness (QED) is 0.493. The molecule has 0 bridgehead atoms.